The van der Waals surface area contributed by atoms with Gasteiger partial charge in [0.15, 0.2) is 0 Å². The third-order valence-corrected chi connectivity index (χ3v) is 3.74. The molecule has 1 aliphatic heterocycles. The molecule has 20 heavy (non-hydrogen) atoms. The highest BCUT2D eigenvalue weighted by atomic mass is 19.1. The molecule has 0 aromatic heterocycles. The topological polar surface area (TPSA) is 24.5 Å². The van der Waals surface area contributed by atoms with Crippen LogP contribution < -0.4 is 10.2 Å². The number of hydrogen-bond acceptors (Lipinski definition) is 3. The minimum atomic E-state index is -0.191. The normalized spacial score (nSPS) is 19.9. The molecule has 0 bridgehead atoms. The van der Waals surface area contributed by atoms with Crippen LogP contribution in [0.5, 0.6) is 0 Å². The molecule has 1 unspecified atom stereocenters. The molecule has 1 aromatic carbocycles. The molecule has 2 rings (SSSR count). The molecule has 0 amide bonds. The predicted octanol–water partition coefficient (Wildman–Crippen LogP) is 3.11. The van der Waals surface area contributed by atoms with Gasteiger partial charge in [-0.05, 0) is 39.4 Å². The fraction of sp³-hybridized carbons (Fsp3) is 0.625. The van der Waals surface area contributed by atoms with Crippen molar-refractivity contribution in [3.05, 3.63) is 29.6 Å². The molecule has 4 heteroatoms. The second-order valence-electron chi connectivity index (χ2n) is 5.98. The van der Waals surface area contributed by atoms with Crippen LogP contribution in [0, 0.1) is 5.82 Å². The number of nitrogens with one attached hydrogen (secondary N) is 1. The molecule has 1 N–H and O–H groups in total. The van der Waals surface area contributed by atoms with E-state index in [2.05, 4.69) is 24.1 Å². The lowest BCUT2D eigenvalue weighted by molar-refractivity contribution is -0.0277. The first-order valence-corrected chi connectivity index (χ1v) is 7.35. The van der Waals surface area contributed by atoms with E-state index in [1.54, 1.807) is 6.07 Å². The van der Waals surface area contributed by atoms with Crippen molar-refractivity contribution in [1.29, 1.82) is 0 Å². The largest absolute Gasteiger partial charge is 0.372 e. The molecule has 1 fully saturated rings. The molecule has 0 radical (unpaired) electrons. The zero-order chi connectivity index (χ0) is 14.8. The average Bonchev–Trinajstić information content (AvgIpc) is 2.37. The minimum absolute atomic E-state index is 0.00200. The highest BCUT2D eigenvalue weighted by Gasteiger charge is 2.29. The Kier molecular flexibility index (Phi) is 4.66. The van der Waals surface area contributed by atoms with Gasteiger partial charge in [0, 0.05) is 30.4 Å². The summed E-state index contributed by atoms with van der Waals surface area (Å²) in [5.74, 6) is -0.139. The third-order valence-electron chi connectivity index (χ3n) is 3.74. The molecular weight excluding hydrogens is 255 g/mol. The van der Waals surface area contributed by atoms with Gasteiger partial charge in [0.05, 0.1) is 12.2 Å². The smallest absolute Gasteiger partial charge is 0.130 e. The van der Waals surface area contributed by atoms with Crippen LogP contribution in [0.25, 0.3) is 0 Å². The number of rotatable bonds is 4. The Morgan fingerprint density at radius 2 is 2.20 bits per heavy atom. The van der Waals surface area contributed by atoms with Gasteiger partial charge in [-0.3, -0.25) is 0 Å². The van der Waals surface area contributed by atoms with Crippen LogP contribution >= 0.6 is 0 Å². The summed E-state index contributed by atoms with van der Waals surface area (Å²) in [6, 6.07) is 5.34. The number of nitrogens with zero attached hydrogens (tertiary/aromatic N) is 1. The third kappa shape index (κ3) is 3.30. The summed E-state index contributed by atoms with van der Waals surface area (Å²) in [5.41, 5.74) is 1.55. The van der Waals surface area contributed by atoms with Crippen molar-refractivity contribution < 1.29 is 9.13 Å². The predicted molar refractivity (Wildman–Crippen MR) is 80.7 cm³/mol. The lowest BCUT2D eigenvalue weighted by atomic mass is 10.0. The molecule has 1 atom stereocenters. The Labute approximate surface area is 121 Å². The summed E-state index contributed by atoms with van der Waals surface area (Å²) in [6.07, 6.45) is 0. The number of ether oxygens (including phenoxy) is 1. The van der Waals surface area contributed by atoms with Gasteiger partial charge in [-0.1, -0.05) is 13.0 Å². The van der Waals surface area contributed by atoms with Crippen molar-refractivity contribution in [3.8, 4) is 0 Å². The Balaban J connectivity index is 2.33. The molecule has 3 nitrogen and oxygen atoms in total. The molecule has 112 valence electrons. The Morgan fingerprint density at radius 3 is 2.85 bits per heavy atom. The Bertz CT molecular complexity index is 462. The summed E-state index contributed by atoms with van der Waals surface area (Å²) < 4.78 is 20.0. The first kappa shape index (κ1) is 15.3. The van der Waals surface area contributed by atoms with Crippen LogP contribution in [0.3, 0.4) is 0 Å². The number of anilines is 1. The molecule has 1 aliphatic rings. The van der Waals surface area contributed by atoms with Gasteiger partial charge < -0.3 is 15.0 Å². The highest BCUT2D eigenvalue weighted by molar-refractivity contribution is 5.56. The van der Waals surface area contributed by atoms with Crippen molar-refractivity contribution in [3.63, 3.8) is 0 Å². The van der Waals surface area contributed by atoms with Gasteiger partial charge in [-0.25, -0.2) is 4.39 Å². The van der Waals surface area contributed by atoms with Crippen LogP contribution in [0.4, 0.5) is 10.1 Å². The van der Waals surface area contributed by atoms with Crippen molar-refractivity contribution in [2.45, 2.75) is 39.3 Å². The first-order chi connectivity index (χ1) is 9.44. The van der Waals surface area contributed by atoms with E-state index in [0.717, 1.165) is 30.9 Å². The summed E-state index contributed by atoms with van der Waals surface area (Å²) in [5, 5.41) is 3.30. The molecular formula is C16H25FN2O. The number of morpholine rings is 1. The SMILES string of the molecule is CCNC(C)c1c(F)cccc1N1CCOC(C)(C)C1. The average molecular weight is 280 g/mol. The van der Waals surface area contributed by atoms with Gasteiger partial charge in [0.2, 0.25) is 0 Å². The number of halogens is 1. The maximum absolute atomic E-state index is 14.3. The minimum Gasteiger partial charge on any atom is -0.372 e. The maximum atomic E-state index is 14.3. The van der Waals surface area contributed by atoms with Gasteiger partial charge >= 0.3 is 0 Å². The van der Waals surface area contributed by atoms with E-state index in [9.17, 15) is 4.39 Å². The second-order valence-corrected chi connectivity index (χ2v) is 5.98. The maximum Gasteiger partial charge on any atom is 0.130 e. The Hall–Kier alpha value is -1.13. The lowest BCUT2D eigenvalue weighted by Gasteiger charge is -2.40. The number of hydrogen-bond donors (Lipinski definition) is 1. The van der Waals surface area contributed by atoms with Crippen LogP contribution in [0.2, 0.25) is 0 Å². The highest BCUT2D eigenvalue weighted by Crippen LogP contribution is 2.31. The molecule has 0 saturated carbocycles. The van der Waals surface area contributed by atoms with Crippen LogP contribution in [0.15, 0.2) is 18.2 Å². The van der Waals surface area contributed by atoms with Gasteiger partial charge in [-0.15, -0.1) is 0 Å². The van der Waals surface area contributed by atoms with Crippen molar-refractivity contribution >= 4 is 5.69 Å². The van der Waals surface area contributed by atoms with Gasteiger partial charge in [-0.2, -0.15) is 0 Å². The lowest BCUT2D eigenvalue weighted by Crippen LogP contribution is -2.48. The summed E-state index contributed by atoms with van der Waals surface area (Å²) >= 11 is 0. The zero-order valence-electron chi connectivity index (χ0n) is 12.9. The van der Waals surface area contributed by atoms with E-state index in [1.165, 1.54) is 6.07 Å². The molecule has 1 saturated heterocycles. The summed E-state index contributed by atoms with van der Waals surface area (Å²) in [6.45, 7) is 11.3. The van der Waals surface area contributed by atoms with E-state index in [1.807, 2.05) is 19.9 Å². The molecule has 0 aliphatic carbocycles. The van der Waals surface area contributed by atoms with E-state index in [4.69, 9.17) is 4.74 Å². The quantitative estimate of drug-likeness (QED) is 0.917. The van der Waals surface area contributed by atoms with E-state index < -0.39 is 0 Å². The zero-order valence-corrected chi connectivity index (χ0v) is 12.9. The fourth-order valence-electron chi connectivity index (χ4n) is 2.86. The van der Waals surface area contributed by atoms with Crippen molar-refractivity contribution in [1.82, 2.24) is 5.32 Å². The van der Waals surface area contributed by atoms with E-state index >= 15 is 0 Å². The van der Waals surface area contributed by atoms with Crippen LogP contribution in [-0.4, -0.2) is 31.8 Å². The van der Waals surface area contributed by atoms with Gasteiger partial charge in [0.1, 0.15) is 5.82 Å². The number of benzene rings is 1. The van der Waals surface area contributed by atoms with E-state index in [-0.39, 0.29) is 17.5 Å². The van der Waals surface area contributed by atoms with Crippen molar-refractivity contribution in [2.75, 3.05) is 31.1 Å². The monoisotopic (exact) mass is 280 g/mol. The van der Waals surface area contributed by atoms with E-state index in [0.29, 0.717) is 6.61 Å². The van der Waals surface area contributed by atoms with Gasteiger partial charge in [0.25, 0.3) is 0 Å². The molecule has 0 spiro atoms. The standard InChI is InChI=1S/C16H25FN2O/c1-5-18-12(2)15-13(17)7-6-8-14(15)19-9-10-20-16(3,4)11-19/h6-8,12,18H,5,9-11H2,1-4H3. The van der Waals surface area contributed by atoms with Crippen molar-refractivity contribution in [2.24, 2.45) is 0 Å². The molecule has 1 aromatic rings. The van der Waals surface area contributed by atoms with Crippen LogP contribution in [0.1, 0.15) is 39.3 Å². The first-order valence-electron chi connectivity index (χ1n) is 7.35. The fourth-order valence-corrected chi connectivity index (χ4v) is 2.86. The molecule has 1 heterocycles. The Morgan fingerprint density at radius 1 is 1.45 bits per heavy atom. The summed E-state index contributed by atoms with van der Waals surface area (Å²) in [7, 11) is 0. The van der Waals surface area contributed by atoms with Crippen LogP contribution in [-0.2, 0) is 4.74 Å². The second kappa shape index (κ2) is 6.10. The summed E-state index contributed by atoms with van der Waals surface area (Å²) in [4.78, 5) is 2.23.